The summed E-state index contributed by atoms with van der Waals surface area (Å²) in [5.41, 5.74) is 1.07. The molecule has 7 heteroatoms. The minimum atomic E-state index is -0.781. The molecule has 1 N–H and O–H groups in total. The van der Waals surface area contributed by atoms with Crippen LogP contribution in [0.1, 0.15) is 17.2 Å². The lowest BCUT2D eigenvalue weighted by Crippen LogP contribution is -2.29. The first kappa shape index (κ1) is 20.7. The molecule has 2 aromatic rings. The number of aliphatic hydroxyl groups is 1. The molecule has 0 spiro atoms. The Kier molecular flexibility index (Phi) is 6.08. The van der Waals surface area contributed by atoms with E-state index in [1.165, 1.54) is 19.1 Å². The second kappa shape index (κ2) is 8.53. The van der Waals surface area contributed by atoms with E-state index in [1.54, 1.807) is 48.5 Å². The molecule has 1 saturated heterocycles. The molecule has 0 saturated carbocycles. The summed E-state index contributed by atoms with van der Waals surface area (Å²) in [5.74, 6) is -0.694. The fourth-order valence-corrected chi connectivity index (χ4v) is 3.60. The molecule has 0 aromatic heterocycles. The smallest absolute Gasteiger partial charge is 0.295 e. The SMILES string of the molecule is C=CCN1C(=O)C(=O)C(=C(O)c2ccc(Br)cc2)C1c1ccc(OC)c(OC)c1. The maximum Gasteiger partial charge on any atom is 0.295 e. The lowest BCUT2D eigenvalue weighted by molar-refractivity contribution is -0.139. The zero-order valence-corrected chi connectivity index (χ0v) is 17.6. The Hall–Kier alpha value is -3.06. The summed E-state index contributed by atoms with van der Waals surface area (Å²) in [5, 5.41) is 10.9. The Labute approximate surface area is 177 Å². The number of hydrogen-bond donors (Lipinski definition) is 1. The van der Waals surface area contributed by atoms with E-state index in [4.69, 9.17) is 9.47 Å². The summed E-state index contributed by atoms with van der Waals surface area (Å²) in [4.78, 5) is 26.9. The Morgan fingerprint density at radius 2 is 1.79 bits per heavy atom. The summed E-state index contributed by atoms with van der Waals surface area (Å²) in [7, 11) is 3.03. The van der Waals surface area contributed by atoms with E-state index in [-0.39, 0.29) is 17.9 Å². The summed E-state index contributed by atoms with van der Waals surface area (Å²) in [6.45, 7) is 3.83. The van der Waals surface area contributed by atoms with Gasteiger partial charge in [-0.15, -0.1) is 6.58 Å². The van der Waals surface area contributed by atoms with Crippen molar-refractivity contribution in [3.63, 3.8) is 0 Å². The average molecular weight is 458 g/mol. The number of methoxy groups -OCH3 is 2. The Bertz CT molecular complexity index is 997. The summed E-state index contributed by atoms with van der Waals surface area (Å²) < 4.78 is 11.5. The fourth-order valence-electron chi connectivity index (χ4n) is 3.34. The van der Waals surface area contributed by atoms with Gasteiger partial charge in [0.05, 0.1) is 25.8 Å². The number of hydrogen-bond acceptors (Lipinski definition) is 5. The minimum absolute atomic E-state index is 0.0198. The van der Waals surface area contributed by atoms with Gasteiger partial charge in [0, 0.05) is 16.6 Å². The first-order chi connectivity index (χ1) is 13.9. The van der Waals surface area contributed by atoms with Crippen LogP contribution in [0.4, 0.5) is 0 Å². The third kappa shape index (κ3) is 3.78. The van der Waals surface area contributed by atoms with Crippen molar-refractivity contribution >= 4 is 33.4 Å². The van der Waals surface area contributed by atoms with Crippen LogP contribution in [0.25, 0.3) is 5.76 Å². The summed E-state index contributed by atoms with van der Waals surface area (Å²) in [6, 6.07) is 11.2. The lowest BCUT2D eigenvalue weighted by atomic mass is 9.95. The second-order valence-electron chi connectivity index (χ2n) is 6.36. The van der Waals surface area contributed by atoms with Gasteiger partial charge >= 0.3 is 0 Å². The Morgan fingerprint density at radius 3 is 2.38 bits per heavy atom. The second-order valence-corrected chi connectivity index (χ2v) is 7.28. The number of rotatable bonds is 6. The molecule has 1 aliphatic heterocycles. The lowest BCUT2D eigenvalue weighted by Gasteiger charge is -2.24. The molecule has 1 atom stereocenters. The van der Waals surface area contributed by atoms with Gasteiger partial charge in [0.25, 0.3) is 11.7 Å². The molecule has 1 unspecified atom stereocenters. The van der Waals surface area contributed by atoms with E-state index in [9.17, 15) is 14.7 Å². The highest BCUT2D eigenvalue weighted by Crippen LogP contribution is 2.41. The molecule has 1 aliphatic rings. The van der Waals surface area contributed by atoms with Gasteiger partial charge in [0.1, 0.15) is 5.76 Å². The number of ketones is 1. The number of ether oxygens (including phenoxy) is 2. The molecule has 150 valence electrons. The van der Waals surface area contributed by atoms with Crippen molar-refractivity contribution in [1.29, 1.82) is 0 Å². The number of aliphatic hydroxyl groups excluding tert-OH is 1. The third-order valence-corrected chi connectivity index (χ3v) is 5.24. The molecular formula is C22H20BrNO5. The molecular weight excluding hydrogens is 438 g/mol. The Morgan fingerprint density at radius 1 is 1.14 bits per heavy atom. The van der Waals surface area contributed by atoms with Gasteiger partial charge < -0.3 is 19.5 Å². The number of halogens is 1. The first-order valence-corrected chi connectivity index (χ1v) is 9.59. The van der Waals surface area contributed by atoms with Gasteiger partial charge in [-0.2, -0.15) is 0 Å². The van der Waals surface area contributed by atoms with E-state index in [1.807, 2.05) is 0 Å². The van der Waals surface area contributed by atoms with Crippen LogP contribution in [0.2, 0.25) is 0 Å². The van der Waals surface area contributed by atoms with Crippen molar-refractivity contribution in [2.75, 3.05) is 20.8 Å². The monoisotopic (exact) mass is 457 g/mol. The molecule has 1 fully saturated rings. The van der Waals surface area contributed by atoms with Crippen molar-refractivity contribution in [3.05, 3.63) is 76.3 Å². The van der Waals surface area contributed by atoms with Crippen LogP contribution >= 0.6 is 15.9 Å². The molecule has 2 aromatic carbocycles. The first-order valence-electron chi connectivity index (χ1n) is 8.80. The molecule has 0 aliphatic carbocycles. The van der Waals surface area contributed by atoms with Gasteiger partial charge in [-0.1, -0.05) is 40.2 Å². The Balaban J connectivity index is 2.21. The molecule has 0 radical (unpaired) electrons. The molecule has 1 amide bonds. The van der Waals surface area contributed by atoms with Crippen molar-refractivity contribution in [3.8, 4) is 11.5 Å². The summed E-state index contributed by atoms with van der Waals surface area (Å²) >= 11 is 3.34. The average Bonchev–Trinajstić information content (AvgIpc) is 2.98. The number of benzene rings is 2. The van der Waals surface area contributed by atoms with E-state index < -0.39 is 17.7 Å². The van der Waals surface area contributed by atoms with Crippen LogP contribution < -0.4 is 9.47 Å². The quantitative estimate of drug-likeness (QED) is 0.306. The van der Waals surface area contributed by atoms with Crippen LogP contribution in [-0.2, 0) is 9.59 Å². The fraction of sp³-hybridized carbons (Fsp3) is 0.182. The van der Waals surface area contributed by atoms with E-state index >= 15 is 0 Å². The highest BCUT2D eigenvalue weighted by atomic mass is 79.9. The molecule has 29 heavy (non-hydrogen) atoms. The van der Waals surface area contributed by atoms with Crippen LogP contribution in [-0.4, -0.2) is 42.5 Å². The van der Waals surface area contributed by atoms with E-state index in [0.29, 0.717) is 22.6 Å². The predicted molar refractivity (Wildman–Crippen MR) is 113 cm³/mol. The van der Waals surface area contributed by atoms with Crippen molar-refractivity contribution in [1.82, 2.24) is 4.90 Å². The van der Waals surface area contributed by atoms with E-state index in [2.05, 4.69) is 22.5 Å². The minimum Gasteiger partial charge on any atom is -0.507 e. The number of Topliss-reactive ketones (excluding diaryl/α,β-unsaturated/α-hetero) is 1. The number of likely N-dealkylation sites (tertiary alicyclic amines) is 1. The van der Waals surface area contributed by atoms with Crippen LogP contribution in [0.3, 0.4) is 0 Å². The van der Waals surface area contributed by atoms with Gasteiger partial charge in [-0.05, 0) is 29.8 Å². The highest BCUT2D eigenvalue weighted by Gasteiger charge is 2.45. The van der Waals surface area contributed by atoms with Crippen molar-refractivity contribution in [2.45, 2.75) is 6.04 Å². The highest BCUT2D eigenvalue weighted by molar-refractivity contribution is 9.10. The molecule has 3 rings (SSSR count). The van der Waals surface area contributed by atoms with Gasteiger partial charge in [0.15, 0.2) is 11.5 Å². The summed E-state index contributed by atoms with van der Waals surface area (Å²) in [6.07, 6.45) is 1.54. The number of nitrogens with zero attached hydrogens (tertiary/aromatic N) is 1. The number of carbonyl (C=O) groups excluding carboxylic acids is 2. The molecule has 6 nitrogen and oxygen atoms in total. The van der Waals surface area contributed by atoms with Gasteiger partial charge in [-0.3, -0.25) is 9.59 Å². The third-order valence-electron chi connectivity index (χ3n) is 4.71. The van der Waals surface area contributed by atoms with Crippen LogP contribution in [0, 0.1) is 0 Å². The zero-order chi connectivity index (χ0) is 21.1. The molecule has 1 heterocycles. The zero-order valence-electron chi connectivity index (χ0n) is 16.0. The van der Waals surface area contributed by atoms with Crippen LogP contribution in [0.15, 0.2) is 65.2 Å². The van der Waals surface area contributed by atoms with Gasteiger partial charge in [-0.25, -0.2) is 0 Å². The number of carbonyl (C=O) groups is 2. The van der Waals surface area contributed by atoms with Gasteiger partial charge in [0.2, 0.25) is 0 Å². The number of amides is 1. The van der Waals surface area contributed by atoms with Crippen LogP contribution in [0.5, 0.6) is 11.5 Å². The molecule has 0 bridgehead atoms. The standard InChI is InChI=1S/C22H20BrNO5/c1-4-11-24-19(14-7-10-16(28-2)17(12-14)29-3)18(21(26)22(24)27)20(25)13-5-8-15(23)9-6-13/h4-10,12,19,25H,1,11H2,2-3H3. The maximum absolute atomic E-state index is 12.8. The largest absolute Gasteiger partial charge is 0.507 e. The normalized spacial score (nSPS) is 18.0. The topological polar surface area (TPSA) is 76.1 Å². The van der Waals surface area contributed by atoms with E-state index in [0.717, 1.165) is 4.47 Å². The van der Waals surface area contributed by atoms with Crippen molar-refractivity contribution < 1.29 is 24.2 Å². The van der Waals surface area contributed by atoms with Crippen molar-refractivity contribution in [2.24, 2.45) is 0 Å². The predicted octanol–water partition coefficient (Wildman–Crippen LogP) is 4.07. The maximum atomic E-state index is 12.8.